The third-order valence-electron chi connectivity index (χ3n) is 3.70. The van der Waals surface area contributed by atoms with Crippen molar-refractivity contribution in [2.45, 2.75) is 17.7 Å². The van der Waals surface area contributed by atoms with Crippen molar-refractivity contribution >= 4 is 34.7 Å². The predicted molar refractivity (Wildman–Crippen MR) is 106 cm³/mol. The second-order valence-electron chi connectivity index (χ2n) is 5.54. The number of thioether (sulfide) groups is 1. The maximum atomic E-state index is 5.43. The summed E-state index contributed by atoms with van der Waals surface area (Å²) in [4.78, 5) is 10.3. The van der Waals surface area contributed by atoms with Crippen LogP contribution >= 0.6 is 23.1 Å². The largest absolute Gasteiger partial charge is 0.360 e. The van der Waals surface area contributed by atoms with E-state index in [1.165, 1.54) is 4.88 Å². The van der Waals surface area contributed by atoms with Gasteiger partial charge < -0.3 is 9.84 Å². The number of hydrogen-bond acceptors (Lipinski definition) is 7. The van der Waals surface area contributed by atoms with Crippen molar-refractivity contribution in [1.82, 2.24) is 15.1 Å². The van der Waals surface area contributed by atoms with Gasteiger partial charge in [-0.05, 0) is 36.6 Å². The Balaban J connectivity index is 1.59. The molecular formula is C19H16N4OS2. The SMILES string of the molecule is Cc1onc(SCc2cccs2)c1-c1ccnc(Nc2ccccc2)n1. The number of aryl methyl sites for hydroxylation is 1. The van der Waals surface area contributed by atoms with E-state index in [1.54, 1.807) is 29.3 Å². The maximum absolute atomic E-state index is 5.43. The zero-order chi connectivity index (χ0) is 17.8. The highest BCUT2D eigenvalue weighted by Crippen LogP contribution is 2.35. The molecule has 3 heterocycles. The lowest BCUT2D eigenvalue weighted by Gasteiger charge is -2.06. The molecule has 0 unspecified atom stereocenters. The number of hydrogen-bond donors (Lipinski definition) is 1. The van der Waals surface area contributed by atoms with Gasteiger partial charge in [-0.25, -0.2) is 9.97 Å². The van der Waals surface area contributed by atoms with Crippen molar-refractivity contribution < 1.29 is 4.52 Å². The first kappa shape index (κ1) is 16.8. The lowest BCUT2D eigenvalue weighted by molar-refractivity contribution is 0.384. The molecule has 7 heteroatoms. The molecule has 4 aromatic rings. The van der Waals surface area contributed by atoms with Gasteiger partial charge in [0.1, 0.15) is 10.8 Å². The van der Waals surface area contributed by atoms with Crippen molar-refractivity contribution in [3.05, 3.63) is 70.7 Å². The molecule has 0 spiro atoms. The molecule has 0 aliphatic carbocycles. The van der Waals surface area contributed by atoms with Crippen LogP contribution in [0.25, 0.3) is 11.3 Å². The Hall–Kier alpha value is -2.64. The Kier molecular flexibility index (Phi) is 4.99. The Bertz CT molecular complexity index is 984. The normalized spacial score (nSPS) is 10.8. The number of benzene rings is 1. The minimum Gasteiger partial charge on any atom is -0.360 e. The fourth-order valence-electron chi connectivity index (χ4n) is 2.48. The Morgan fingerprint density at radius 2 is 2.00 bits per heavy atom. The third-order valence-corrected chi connectivity index (χ3v) is 5.77. The number of nitrogens with zero attached hydrogens (tertiary/aromatic N) is 3. The molecule has 0 aliphatic rings. The molecule has 1 aromatic carbocycles. The number of nitrogens with one attached hydrogen (secondary N) is 1. The summed E-state index contributed by atoms with van der Waals surface area (Å²) in [5, 5.41) is 10.4. The molecule has 0 fully saturated rings. The third kappa shape index (κ3) is 3.79. The topological polar surface area (TPSA) is 63.8 Å². The lowest BCUT2D eigenvalue weighted by Crippen LogP contribution is -1.98. The molecule has 5 nitrogen and oxygen atoms in total. The molecule has 0 saturated heterocycles. The van der Waals surface area contributed by atoms with E-state index in [0.29, 0.717) is 5.95 Å². The molecule has 1 N–H and O–H groups in total. The van der Waals surface area contributed by atoms with Gasteiger partial charge in [-0.1, -0.05) is 41.2 Å². The van der Waals surface area contributed by atoms with E-state index in [4.69, 9.17) is 4.52 Å². The Labute approximate surface area is 159 Å². The standard InChI is InChI=1S/C19H16N4OS2/c1-13-17(18(23-24-13)26-12-15-8-5-11-25-15)16-9-10-20-19(22-16)21-14-6-3-2-4-7-14/h2-11H,12H2,1H3,(H,20,21,22). The molecular weight excluding hydrogens is 364 g/mol. The highest BCUT2D eigenvalue weighted by molar-refractivity contribution is 7.98. The van der Waals surface area contributed by atoms with E-state index >= 15 is 0 Å². The minimum absolute atomic E-state index is 0.545. The second-order valence-corrected chi connectivity index (χ2v) is 7.54. The van der Waals surface area contributed by atoms with Gasteiger partial charge >= 0.3 is 0 Å². The monoisotopic (exact) mass is 380 g/mol. The first-order valence-electron chi connectivity index (χ1n) is 8.06. The number of thiophene rings is 1. The van der Waals surface area contributed by atoms with Crippen LogP contribution in [0.4, 0.5) is 11.6 Å². The van der Waals surface area contributed by atoms with Crippen molar-refractivity contribution in [3.63, 3.8) is 0 Å². The first-order chi connectivity index (χ1) is 12.8. The molecule has 0 radical (unpaired) electrons. The van der Waals surface area contributed by atoms with E-state index in [2.05, 4.69) is 38.0 Å². The van der Waals surface area contributed by atoms with Crippen LogP contribution in [-0.2, 0) is 5.75 Å². The summed E-state index contributed by atoms with van der Waals surface area (Å²) in [6, 6.07) is 15.9. The summed E-state index contributed by atoms with van der Waals surface area (Å²) in [6.45, 7) is 1.91. The van der Waals surface area contributed by atoms with E-state index < -0.39 is 0 Å². The number of anilines is 2. The lowest BCUT2D eigenvalue weighted by atomic mass is 10.2. The number of para-hydroxylation sites is 1. The van der Waals surface area contributed by atoms with Crippen LogP contribution < -0.4 is 5.32 Å². The van der Waals surface area contributed by atoms with Gasteiger partial charge in [0.25, 0.3) is 0 Å². The quantitative estimate of drug-likeness (QED) is 0.443. The molecule has 3 aromatic heterocycles. The van der Waals surface area contributed by atoms with Crippen LogP contribution in [-0.4, -0.2) is 15.1 Å². The van der Waals surface area contributed by atoms with E-state index in [-0.39, 0.29) is 0 Å². The molecule has 4 rings (SSSR count). The van der Waals surface area contributed by atoms with Gasteiger partial charge in [0, 0.05) is 22.5 Å². The fourth-order valence-corrected chi connectivity index (χ4v) is 4.28. The van der Waals surface area contributed by atoms with Crippen LogP contribution in [0.2, 0.25) is 0 Å². The first-order valence-corrected chi connectivity index (χ1v) is 9.93. The van der Waals surface area contributed by atoms with Crippen LogP contribution in [0.5, 0.6) is 0 Å². The van der Waals surface area contributed by atoms with Gasteiger partial charge in [-0.15, -0.1) is 11.3 Å². The summed E-state index contributed by atoms with van der Waals surface area (Å²) in [6.07, 6.45) is 1.74. The van der Waals surface area contributed by atoms with Crippen molar-refractivity contribution in [2.75, 3.05) is 5.32 Å². The smallest absolute Gasteiger partial charge is 0.227 e. The van der Waals surface area contributed by atoms with Crippen molar-refractivity contribution in [3.8, 4) is 11.3 Å². The van der Waals surface area contributed by atoms with Gasteiger partial charge in [-0.3, -0.25) is 0 Å². The number of aromatic nitrogens is 3. The molecule has 0 aliphatic heterocycles. The highest BCUT2D eigenvalue weighted by atomic mass is 32.2. The summed E-state index contributed by atoms with van der Waals surface area (Å²) >= 11 is 3.39. The van der Waals surface area contributed by atoms with E-state index in [1.807, 2.05) is 43.3 Å². The van der Waals surface area contributed by atoms with E-state index in [0.717, 1.165) is 33.5 Å². The summed E-state index contributed by atoms with van der Waals surface area (Å²) in [5.74, 6) is 2.16. The average Bonchev–Trinajstić information content (AvgIpc) is 3.30. The molecule has 26 heavy (non-hydrogen) atoms. The molecule has 0 amide bonds. The Morgan fingerprint density at radius 1 is 1.12 bits per heavy atom. The van der Waals surface area contributed by atoms with Gasteiger partial charge in [-0.2, -0.15) is 0 Å². The maximum Gasteiger partial charge on any atom is 0.227 e. The second kappa shape index (κ2) is 7.72. The van der Waals surface area contributed by atoms with Crippen LogP contribution in [0.15, 0.2) is 69.7 Å². The Morgan fingerprint density at radius 3 is 2.81 bits per heavy atom. The van der Waals surface area contributed by atoms with Crippen molar-refractivity contribution in [1.29, 1.82) is 0 Å². The zero-order valence-corrected chi connectivity index (χ0v) is 15.7. The van der Waals surface area contributed by atoms with Crippen LogP contribution in [0.3, 0.4) is 0 Å². The molecule has 130 valence electrons. The zero-order valence-electron chi connectivity index (χ0n) is 14.0. The van der Waals surface area contributed by atoms with Gasteiger partial charge in [0.05, 0.1) is 11.3 Å². The fraction of sp³-hybridized carbons (Fsp3) is 0.105. The molecule has 0 saturated carbocycles. The summed E-state index contributed by atoms with van der Waals surface area (Å²) in [7, 11) is 0. The number of rotatable bonds is 6. The molecule has 0 atom stereocenters. The van der Waals surface area contributed by atoms with Gasteiger partial charge in [0.2, 0.25) is 5.95 Å². The average molecular weight is 380 g/mol. The minimum atomic E-state index is 0.545. The van der Waals surface area contributed by atoms with Crippen molar-refractivity contribution in [2.24, 2.45) is 0 Å². The van der Waals surface area contributed by atoms with Crippen LogP contribution in [0, 0.1) is 6.92 Å². The van der Waals surface area contributed by atoms with E-state index in [9.17, 15) is 0 Å². The highest BCUT2D eigenvalue weighted by Gasteiger charge is 2.17. The molecule has 0 bridgehead atoms. The summed E-state index contributed by atoms with van der Waals surface area (Å²) < 4.78 is 5.43. The predicted octanol–water partition coefficient (Wildman–Crippen LogP) is 5.54. The van der Waals surface area contributed by atoms with Crippen LogP contribution in [0.1, 0.15) is 10.6 Å². The summed E-state index contributed by atoms with van der Waals surface area (Å²) in [5.41, 5.74) is 2.66. The van der Waals surface area contributed by atoms with Gasteiger partial charge in [0.15, 0.2) is 0 Å².